The molecule has 2 aromatic rings. The van der Waals surface area contributed by atoms with Crippen molar-refractivity contribution in [1.29, 1.82) is 0 Å². The van der Waals surface area contributed by atoms with Crippen molar-refractivity contribution in [1.82, 2.24) is 0 Å². The molecule has 0 aliphatic carbocycles. The molecule has 2 heteroatoms. The monoisotopic (exact) mass is 188 g/mol. The number of hydrogen-bond donors (Lipinski definition) is 1. The van der Waals surface area contributed by atoms with Crippen molar-refractivity contribution in [3.8, 4) is 16.9 Å². The lowest BCUT2D eigenvalue weighted by molar-refractivity contribution is 0.469. The molecule has 0 aromatic heterocycles. The van der Waals surface area contributed by atoms with E-state index < -0.39 is 5.82 Å². The lowest BCUT2D eigenvalue weighted by Gasteiger charge is -2.02. The van der Waals surface area contributed by atoms with E-state index >= 15 is 0 Å². The van der Waals surface area contributed by atoms with Crippen molar-refractivity contribution in [3.63, 3.8) is 0 Å². The zero-order chi connectivity index (χ0) is 9.97. The van der Waals surface area contributed by atoms with Gasteiger partial charge in [-0.1, -0.05) is 30.3 Å². The third kappa shape index (κ3) is 1.59. The number of phenolic OH excluding ortho intramolecular Hbond substituents is 1. The molecule has 0 amide bonds. The molecular formula is C12H9FO. The van der Waals surface area contributed by atoms with Gasteiger partial charge in [0, 0.05) is 11.6 Å². The minimum Gasteiger partial charge on any atom is -0.508 e. The van der Waals surface area contributed by atoms with E-state index in [4.69, 9.17) is 5.11 Å². The summed E-state index contributed by atoms with van der Waals surface area (Å²) in [6, 6.07) is 13.4. The number of halogens is 1. The summed E-state index contributed by atoms with van der Waals surface area (Å²) in [5.41, 5.74) is 1.31. The fourth-order valence-electron chi connectivity index (χ4n) is 1.36. The summed E-state index contributed by atoms with van der Waals surface area (Å²) in [5.74, 6) is -0.460. The Morgan fingerprint density at radius 3 is 2.29 bits per heavy atom. The first-order valence-electron chi connectivity index (χ1n) is 4.31. The molecule has 14 heavy (non-hydrogen) atoms. The Hall–Kier alpha value is -1.83. The van der Waals surface area contributed by atoms with E-state index in [-0.39, 0.29) is 5.75 Å². The molecular weight excluding hydrogens is 179 g/mol. The lowest BCUT2D eigenvalue weighted by atomic mass is 10.1. The fourth-order valence-corrected chi connectivity index (χ4v) is 1.36. The van der Waals surface area contributed by atoms with Crippen LogP contribution >= 0.6 is 0 Å². The molecule has 0 radical (unpaired) electrons. The summed E-state index contributed by atoms with van der Waals surface area (Å²) in [7, 11) is 0. The first kappa shape index (κ1) is 8.75. The number of benzene rings is 2. The molecule has 1 nitrogen and oxygen atoms in total. The Kier molecular flexibility index (Phi) is 2.19. The van der Waals surface area contributed by atoms with Crippen LogP contribution < -0.4 is 0 Å². The maximum atomic E-state index is 13.4. The Balaban J connectivity index is 2.53. The van der Waals surface area contributed by atoms with Gasteiger partial charge in [-0.2, -0.15) is 0 Å². The van der Waals surface area contributed by atoms with Crippen LogP contribution in [0.15, 0.2) is 48.5 Å². The number of rotatable bonds is 1. The summed E-state index contributed by atoms with van der Waals surface area (Å²) in [5, 5.41) is 9.04. The average Bonchev–Trinajstić information content (AvgIpc) is 2.19. The van der Waals surface area contributed by atoms with Gasteiger partial charge in [-0.3, -0.25) is 0 Å². The van der Waals surface area contributed by atoms with Crippen LogP contribution in [0.2, 0.25) is 0 Å². The molecule has 1 N–H and O–H groups in total. The molecule has 0 atom stereocenters. The van der Waals surface area contributed by atoms with Gasteiger partial charge in [0.15, 0.2) is 0 Å². The van der Waals surface area contributed by atoms with Crippen LogP contribution in [-0.4, -0.2) is 5.11 Å². The van der Waals surface area contributed by atoms with Crippen LogP contribution in [0.3, 0.4) is 0 Å². The van der Waals surface area contributed by atoms with Crippen molar-refractivity contribution in [2.75, 3.05) is 0 Å². The second-order valence-corrected chi connectivity index (χ2v) is 3.03. The topological polar surface area (TPSA) is 20.2 Å². The quantitative estimate of drug-likeness (QED) is 0.728. The molecule has 70 valence electrons. The molecule has 0 unspecified atom stereocenters. The van der Waals surface area contributed by atoms with E-state index in [2.05, 4.69) is 0 Å². The Morgan fingerprint density at radius 1 is 0.929 bits per heavy atom. The first-order chi connectivity index (χ1) is 6.77. The van der Waals surface area contributed by atoms with Crippen molar-refractivity contribution in [2.24, 2.45) is 0 Å². The highest BCUT2D eigenvalue weighted by Gasteiger charge is 2.04. The van der Waals surface area contributed by atoms with Crippen LogP contribution in [-0.2, 0) is 0 Å². The summed E-state index contributed by atoms with van der Waals surface area (Å²) >= 11 is 0. The third-order valence-electron chi connectivity index (χ3n) is 2.04. The zero-order valence-corrected chi connectivity index (χ0v) is 7.44. The van der Waals surface area contributed by atoms with Gasteiger partial charge >= 0.3 is 0 Å². The van der Waals surface area contributed by atoms with Gasteiger partial charge < -0.3 is 5.11 Å². The van der Waals surface area contributed by atoms with E-state index in [0.29, 0.717) is 5.56 Å². The second-order valence-electron chi connectivity index (χ2n) is 3.03. The van der Waals surface area contributed by atoms with E-state index in [1.165, 1.54) is 6.07 Å². The Bertz CT molecular complexity index is 437. The van der Waals surface area contributed by atoms with Crippen LogP contribution in [0.4, 0.5) is 4.39 Å². The maximum Gasteiger partial charge on any atom is 0.134 e. The Labute approximate surface area is 81.4 Å². The molecule has 0 aliphatic rings. The predicted molar refractivity (Wildman–Crippen MR) is 53.5 cm³/mol. The van der Waals surface area contributed by atoms with Crippen molar-refractivity contribution in [2.45, 2.75) is 0 Å². The highest BCUT2D eigenvalue weighted by molar-refractivity contribution is 5.64. The van der Waals surface area contributed by atoms with E-state index in [9.17, 15) is 4.39 Å². The second kappa shape index (κ2) is 3.50. The normalized spacial score (nSPS) is 10.1. The molecule has 0 fully saturated rings. The molecule has 0 spiro atoms. The van der Waals surface area contributed by atoms with Gasteiger partial charge in [0.25, 0.3) is 0 Å². The van der Waals surface area contributed by atoms with Crippen molar-refractivity contribution >= 4 is 0 Å². The number of hydrogen-bond acceptors (Lipinski definition) is 1. The van der Waals surface area contributed by atoms with Crippen LogP contribution in [0, 0.1) is 5.82 Å². The predicted octanol–water partition coefficient (Wildman–Crippen LogP) is 3.20. The highest BCUT2D eigenvalue weighted by Crippen LogP contribution is 2.25. The first-order valence-corrected chi connectivity index (χ1v) is 4.31. The molecule has 0 bridgehead atoms. The van der Waals surface area contributed by atoms with Crippen LogP contribution in [0.1, 0.15) is 0 Å². The fraction of sp³-hybridized carbons (Fsp3) is 0. The minimum atomic E-state index is -0.406. The molecule has 2 aromatic carbocycles. The SMILES string of the molecule is Oc1ccc(-c2ccccc2)c(F)c1. The lowest BCUT2D eigenvalue weighted by Crippen LogP contribution is -1.82. The molecule has 0 aliphatic heterocycles. The van der Waals surface area contributed by atoms with Gasteiger partial charge in [0.1, 0.15) is 11.6 Å². The standard InChI is InChI=1S/C12H9FO/c13-12-8-10(14)6-7-11(12)9-4-2-1-3-5-9/h1-8,14H. The van der Waals surface area contributed by atoms with Gasteiger partial charge in [-0.05, 0) is 17.7 Å². The van der Waals surface area contributed by atoms with Gasteiger partial charge in [-0.25, -0.2) is 4.39 Å². The van der Waals surface area contributed by atoms with E-state index in [1.54, 1.807) is 6.07 Å². The van der Waals surface area contributed by atoms with E-state index in [1.807, 2.05) is 30.3 Å². The summed E-state index contributed by atoms with van der Waals surface area (Å²) in [6.07, 6.45) is 0. The molecule has 0 saturated carbocycles. The summed E-state index contributed by atoms with van der Waals surface area (Å²) in [6.45, 7) is 0. The van der Waals surface area contributed by atoms with Crippen LogP contribution in [0.25, 0.3) is 11.1 Å². The van der Waals surface area contributed by atoms with Crippen molar-refractivity contribution in [3.05, 3.63) is 54.3 Å². The molecule has 0 heterocycles. The minimum absolute atomic E-state index is 0.0535. The Morgan fingerprint density at radius 2 is 1.64 bits per heavy atom. The van der Waals surface area contributed by atoms with E-state index in [0.717, 1.165) is 11.6 Å². The third-order valence-corrected chi connectivity index (χ3v) is 2.04. The smallest absolute Gasteiger partial charge is 0.134 e. The van der Waals surface area contributed by atoms with Crippen molar-refractivity contribution < 1.29 is 9.50 Å². The largest absolute Gasteiger partial charge is 0.508 e. The van der Waals surface area contributed by atoms with Crippen LogP contribution in [0.5, 0.6) is 5.75 Å². The number of aromatic hydroxyl groups is 1. The average molecular weight is 188 g/mol. The summed E-state index contributed by atoms with van der Waals surface area (Å²) in [4.78, 5) is 0. The number of phenols is 1. The molecule has 0 saturated heterocycles. The van der Waals surface area contributed by atoms with Gasteiger partial charge in [0.2, 0.25) is 0 Å². The van der Waals surface area contributed by atoms with Gasteiger partial charge in [0.05, 0.1) is 0 Å². The molecule has 2 rings (SSSR count). The maximum absolute atomic E-state index is 13.4. The van der Waals surface area contributed by atoms with Gasteiger partial charge in [-0.15, -0.1) is 0 Å². The zero-order valence-electron chi connectivity index (χ0n) is 7.44. The highest BCUT2D eigenvalue weighted by atomic mass is 19.1. The summed E-state index contributed by atoms with van der Waals surface area (Å²) < 4.78 is 13.4.